The smallest absolute Gasteiger partial charge is 0.0541 e. The third-order valence-corrected chi connectivity index (χ3v) is 22.5. The van der Waals surface area contributed by atoms with E-state index in [1.165, 1.54) is 202 Å². The summed E-state index contributed by atoms with van der Waals surface area (Å²) in [5.74, 6) is 0. The number of aromatic nitrogens is 4. The molecule has 0 bridgehead atoms. The van der Waals surface area contributed by atoms with Gasteiger partial charge in [0.25, 0.3) is 0 Å². The quantitative estimate of drug-likeness (QED) is 0.142. The number of hydrogen-bond acceptors (Lipinski definition) is 0. The highest BCUT2D eigenvalue weighted by atomic mass is 15.0. The van der Waals surface area contributed by atoms with Crippen LogP contribution in [0.2, 0.25) is 0 Å². The van der Waals surface area contributed by atoms with E-state index in [0.717, 1.165) is 5.69 Å². The van der Waals surface area contributed by atoms with E-state index in [1.54, 1.807) is 0 Å². The molecule has 4 heteroatoms. The molecule has 4 nitrogen and oxygen atoms in total. The van der Waals surface area contributed by atoms with E-state index in [1.807, 2.05) is 0 Å². The maximum atomic E-state index is 2.42. The maximum Gasteiger partial charge on any atom is 0.0541 e. The van der Waals surface area contributed by atoms with Gasteiger partial charge in [0.05, 0.1) is 44.1 Å². The molecular weight excluding hydrogens is 1280 g/mol. The van der Waals surface area contributed by atoms with Crippen molar-refractivity contribution >= 4 is 152 Å². The maximum absolute atomic E-state index is 2.42. The van der Waals surface area contributed by atoms with Crippen molar-refractivity contribution in [1.29, 1.82) is 0 Å². The van der Waals surface area contributed by atoms with Crippen LogP contribution in [0.4, 0.5) is 0 Å². The molecule has 23 aromatic rings. The molecule has 0 radical (unpaired) electrons. The van der Waals surface area contributed by atoms with Crippen LogP contribution in [0.1, 0.15) is 0 Å². The monoisotopic (exact) mass is 1340 g/mol. The average Bonchev–Trinajstić information content (AvgIpc) is 1.58. The van der Waals surface area contributed by atoms with Gasteiger partial charge < -0.3 is 18.3 Å². The van der Waals surface area contributed by atoms with Crippen LogP contribution >= 0.6 is 0 Å². The van der Waals surface area contributed by atoms with E-state index in [2.05, 4.69) is 407 Å². The van der Waals surface area contributed by atoms with Gasteiger partial charge in [-0.1, -0.05) is 267 Å². The third-order valence-electron chi connectivity index (χ3n) is 22.5. The zero-order valence-corrected chi connectivity index (χ0v) is 57.7. The number of benzene rings is 19. The second-order valence-electron chi connectivity index (χ2n) is 28.3. The Balaban J connectivity index is 0.000000132. The van der Waals surface area contributed by atoms with Crippen molar-refractivity contribution in [1.82, 2.24) is 18.3 Å². The minimum atomic E-state index is 1.16. The molecular formula is C102H64N4. The average molecular weight is 1350 g/mol. The Hall–Kier alpha value is -14.1. The minimum Gasteiger partial charge on any atom is -0.309 e. The van der Waals surface area contributed by atoms with Gasteiger partial charge in [0.15, 0.2) is 0 Å². The number of para-hydroxylation sites is 4. The molecule has 0 spiro atoms. The third kappa shape index (κ3) is 9.41. The van der Waals surface area contributed by atoms with Gasteiger partial charge in [-0.15, -0.1) is 0 Å². The molecule has 0 unspecified atom stereocenters. The Labute approximate surface area is 610 Å². The molecule has 0 atom stereocenters. The lowest BCUT2D eigenvalue weighted by atomic mass is 10.0. The molecule has 0 saturated heterocycles. The van der Waals surface area contributed by atoms with Gasteiger partial charge in [0.2, 0.25) is 0 Å². The molecule has 4 heterocycles. The molecule has 23 rings (SSSR count). The van der Waals surface area contributed by atoms with E-state index in [4.69, 9.17) is 0 Å². The molecule has 0 amide bonds. The molecule has 0 aliphatic rings. The lowest BCUT2D eigenvalue weighted by Crippen LogP contribution is -1.94. The van der Waals surface area contributed by atoms with E-state index in [-0.39, 0.29) is 0 Å². The van der Waals surface area contributed by atoms with Crippen molar-refractivity contribution in [3.63, 3.8) is 0 Å². The number of fused-ring (bicyclic) bond motifs is 21. The zero-order chi connectivity index (χ0) is 69.5. The minimum absolute atomic E-state index is 1.16. The summed E-state index contributed by atoms with van der Waals surface area (Å²) in [7, 11) is 0. The highest BCUT2D eigenvalue weighted by Gasteiger charge is 2.21. The molecule has 0 N–H and O–H groups in total. The molecule has 19 aromatic carbocycles. The van der Waals surface area contributed by atoms with Gasteiger partial charge in [-0.25, -0.2) is 0 Å². The molecule has 4 aromatic heterocycles. The summed E-state index contributed by atoms with van der Waals surface area (Å²) in [6.45, 7) is 0. The lowest BCUT2D eigenvalue weighted by molar-refractivity contribution is 1.18. The molecule has 0 aliphatic heterocycles. The molecule has 106 heavy (non-hydrogen) atoms. The highest BCUT2D eigenvalue weighted by Crippen LogP contribution is 2.43. The van der Waals surface area contributed by atoms with E-state index in [0.29, 0.717) is 0 Å². The largest absolute Gasteiger partial charge is 0.309 e. The van der Waals surface area contributed by atoms with Crippen LogP contribution in [0.5, 0.6) is 0 Å². The van der Waals surface area contributed by atoms with Crippen LogP contribution in [-0.2, 0) is 0 Å². The van der Waals surface area contributed by atoms with E-state index >= 15 is 0 Å². The summed E-state index contributed by atoms with van der Waals surface area (Å²) in [6, 6.07) is 143. The zero-order valence-electron chi connectivity index (χ0n) is 57.7. The predicted octanol–water partition coefficient (Wildman–Crippen LogP) is 27.7. The fourth-order valence-corrected chi connectivity index (χ4v) is 17.6. The van der Waals surface area contributed by atoms with E-state index in [9.17, 15) is 0 Å². The Kier molecular flexibility index (Phi) is 13.4. The van der Waals surface area contributed by atoms with Crippen molar-refractivity contribution in [3.8, 4) is 56.1 Å². The Bertz CT molecular complexity index is 7350. The second-order valence-corrected chi connectivity index (χ2v) is 28.3. The Morgan fingerprint density at radius 2 is 0.358 bits per heavy atom. The van der Waals surface area contributed by atoms with Crippen LogP contribution in [0.3, 0.4) is 0 Å². The number of nitrogens with zero attached hydrogens (tertiary/aromatic N) is 4. The fourth-order valence-electron chi connectivity index (χ4n) is 17.6. The van der Waals surface area contributed by atoms with Crippen LogP contribution in [-0.4, -0.2) is 18.3 Å². The van der Waals surface area contributed by atoms with Crippen LogP contribution in [0.15, 0.2) is 388 Å². The van der Waals surface area contributed by atoms with Crippen LogP contribution in [0, 0.1) is 0 Å². The molecule has 0 aliphatic carbocycles. The second kappa shape index (κ2) is 23.8. The highest BCUT2D eigenvalue weighted by molar-refractivity contribution is 6.17. The summed E-state index contributed by atoms with van der Waals surface area (Å²) in [5, 5.41) is 25.3. The number of hydrogen-bond donors (Lipinski definition) is 0. The summed E-state index contributed by atoms with van der Waals surface area (Å²) >= 11 is 0. The first-order valence-corrected chi connectivity index (χ1v) is 36.6. The topological polar surface area (TPSA) is 19.7 Å². The molecule has 0 saturated carbocycles. The van der Waals surface area contributed by atoms with Gasteiger partial charge in [-0.3, -0.25) is 0 Å². The SMILES string of the molecule is c1ccc(-c2cccc(-n3c4ccccc4c4cc(-c5ccc6c(c5)c5ccccc5n6-c5ccc6c(ccc7ccccc76)c5)ccc43)c2)cc1.c1ccc2c(c1)ccc1cc(-n3c4ccccc4c4cc(-c5ccc6c(c5)c5ccccc5n6-c5ccc6c(ccc7ccccc76)c5)ccc43)ccc12. The van der Waals surface area contributed by atoms with Gasteiger partial charge in [0, 0.05) is 65.8 Å². The standard InChI is InChI=1S/C52H32N2.C50H32N2/c1-3-11-41-33(9-1)17-19-37-29-39(23-25-43(37)41)53-49-15-7-5-13-45(49)47-31-35(21-27-51(47)53)36-22-28-52-48(32-36)46-14-6-8-16-50(46)54(52)40-24-26-44-38(30-40)20-18-34-10-2-4-12-42(34)44;1-2-11-33(12-3-1)35-14-10-15-39(29-35)51-47-19-8-6-17-43(47)45-31-36(23-27-49(45)51)37-24-28-50-46(32-37)44-18-7-9-20-48(44)52(50)40-25-26-42-38(30-40)22-21-34-13-4-5-16-41(34)42/h1-32H;1-32H. The summed E-state index contributed by atoms with van der Waals surface area (Å²) < 4.78 is 9.67. The van der Waals surface area contributed by atoms with Crippen molar-refractivity contribution < 1.29 is 0 Å². The Morgan fingerprint density at radius 1 is 0.113 bits per heavy atom. The first kappa shape index (κ1) is 59.6. The molecule has 0 fully saturated rings. The van der Waals surface area contributed by atoms with Crippen LogP contribution < -0.4 is 0 Å². The van der Waals surface area contributed by atoms with E-state index < -0.39 is 0 Å². The number of rotatable bonds is 7. The fraction of sp³-hybridized carbons (Fsp3) is 0. The van der Waals surface area contributed by atoms with Gasteiger partial charge in [-0.2, -0.15) is 0 Å². The van der Waals surface area contributed by atoms with Crippen LogP contribution in [0.25, 0.3) is 208 Å². The van der Waals surface area contributed by atoms with Gasteiger partial charge >= 0.3 is 0 Å². The summed E-state index contributed by atoms with van der Waals surface area (Å²) in [6.07, 6.45) is 0. The van der Waals surface area contributed by atoms with Crippen molar-refractivity contribution in [2.24, 2.45) is 0 Å². The molecule has 492 valence electrons. The predicted molar refractivity (Wildman–Crippen MR) is 452 cm³/mol. The van der Waals surface area contributed by atoms with Crippen molar-refractivity contribution in [2.75, 3.05) is 0 Å². The van der Waals surface area contributed by atoms with Gasteiger partial charge in [-0.05, 0) is 219 Å². The first-order chi connectivity index (χ1) is 52.5. The van der Waals surface area contributed by atoms with Crippen molar-refractivity contribution in [2.45, 2.75) is 0 Å². The summed E-state index contributed by atoms with van der Waals surface area (Å²) in [4.78, 5) is 0. The first-order valence-electron chi connectivity index (χ1n) is 36.6. The normalized spacial score (nSPS) is 12.0. The lowest BCUT2D eigenvalue weighted by Gasteiger charge is -2.12. The van der Waals surface area contributed by atoms with Gasteiger partial charge in [0.1, 0.15) is 0 Å². The van der Waals surface area contributed by atoms with Crippen molar-refractivity contribution in [3.05, 3.63) is 388 Å². The Morgan fingerprint density at radius 3 is 0.698 bits per heavy atom. The summed E-state index contributed by atoms with van der Waals surface area (Å²) in [5.41, 5.74) is 21.7.